The van der Waals surface area contributed by atoms with Gasteiger partial charge in [0.1, 0.15) is 5.60 Å². The van der Waals surface area contributed by atoms with Crippen molar-refractivity contribution < 1.29 is 19.1 Å². The highest BCUT2D eigenvalue weighted by atomic mass is 16.6. The van der Waals surface area contributed by atoms with Crippen LogP contribution in [0.3, 0.4) is 0 Å². The van der Waals surface area contributed by atoms with Gasteiger partial charge in [-0.3, -0.25) is 19.6 Å². The third kappa shape index (κ3) is 4.86. The molecule has 9 nitrogen and oxygen atoms in total. The summed E-state index contributed by atoms with van der Waals surface area (Å²) in [5, 5.41) is 11.7. The molecule has 3 fully saturated rings. The quantitative estimate of drug-likeness (QED) is 0.650. The summed E-state index contributed by atoms with van der Waals surface area (Å²) in [6.07, 6.45) is 3.80. The average Bonchev–Trinajstić information content (AvgIpc) is 3.34. The summed E-state index contributed by atoms with van der Waals surface area (Å²) < 4.78 is 7.39. The third-order valence-electron chi connectivity index (χ3n) is 7.52. The Kier molecular flexibility index (Phi) is 5.97. The van der Waals surface area contributed by atoms with Crippen molar-refractivity contribution in [3.05, 3.63) is 23.9 Å². The maximum absolute atomic E-state index is 12.5. The number of nitrogens with one attached hydrogen (secondary N) is 2. The molecule has 35 heavy (non-hydrogen) atoms. The molecule has 0 radical (unpaired) electrons. The summed E-state index contributed by atoms with van der Waals surface area (Å²) in [4.78, 5) is 38.3. The number of hydrogen-bond donors (Lipinski definition) is 2. The second kappa shape index (κ2) is 8.84. The van der Waals surface area contributed by atoms with E-state index in [0.717, 1.165) is 54.6 Å². The van der Waals surface area contributed by atoms with Gasteiger partial charge in [0.25, 0.3) is 0 Å². The predicted molar refractivity (Wildman–Crippen MR) is 132 cm³/mol. The fraction of sp³-hybridized carbons (Fsp3) is 0.615. The van der Waals surface area contributed by atoms with Crippen molar-refractivity contribution in [3.8, 4) is 0 Å². The minimum absolute atomic E-state index is 0.204. The van der Waals surface area contributed by atoms with Crippen LogP contribution in [0.1, 0.15) is 64.5 Å². The number of hydrogen-bond acceptors (Lipinski definition) is 6. The van der Waals surface area contributed by atoms with E-state index in [0.29, 0.717) is 30.7 Å². The fourth-order valence-electron chi connectivity index (χ4n) is 5.86. The molecule has 1 aliphatic carbocycles. The summed E-state index contributed by atoms with van der Waals surface area (Å²) in [5.74, 6) is 0.131. The largest absolute Gasteiger partial charge is 0.444 e. The first-order valence-electron chi connectivity index (χ1n) is 12.6. The number of carbonyl (C=O) groups is 3. The number of amides is 3. The first-order valence-corrected chi connectivity index (χ1v) is 12.6. The number of piperidine rings is 1. The van der Waals surface area contributed by atoms with Gasteiger partial charge in [-0.25, -0.2) is 4.79 Å². The van der Waals surface area contributed by atoms with Crippen LogP contribution in [0.2, 0.25) is 0 Å². The number of aryl methyl sites for hydroxylation is 1. The van der Waals surface area contributed by atoms with E-state index in [1.807, 2.05) is 49.5 Å². The van der Waals surface area contributed by atoms with Crippen molar-refractivity contribution >= 4 is 34.5 Å². The first-order chi connectivity index (χ1) is 16.6. The SMILES string of the molecule is Cn1nc(C2CCC(=O)NC2=O)c2ccc(NC3CCC4CN(C(=O)OC(C)(C)C)CC4C3)cc21. The Labute approximate surface area is 205 Å². The van der Waals surface area contributed by atoms with Gasteiger partial charge in [-0.15, -0.1) is 0 Å². The van der Waals surface area contributed by atoms with E-state index >= 15 is 0 Å². The number of likely N-dealkylation sites (tertiary alicyclic amines) is 1. The van der Waals surface area contributed by atoms with Gasteiger partial charge in [0.2, 0.25) is 11.8 Å². The first kappa shape index (κ1) is 23.6. The van der Waals surface area contributed by atoms with Gasteiger partial charge in [-0.2, -0.15) is 5.10 Å². The normalized spacial score (nSPS) is 27.0. The average molecular weight is 482 g/mol. The number of imide groups is 1. The lowest BCUT2D eigenvalue weighted by Crippen LogP contribution is -2.39. The summed E-state index contributed by atoms with van der Waals surface area (Å²) in [6.45, 7) is 7.26. The van der Waals surface area contributed by atoms with Gasteiger partial charge >= 0.3 is 6.09 Å². The van der Waals surface area contributed by atoms with Crippen LogP contribution in [-0.2, 0) is 21.4 Å². The molecule has 4 unspecified atom stereocenters. The zero-order chi connectivity index (χ0) is 24.9. The number of ether oxygens (including phenoxy) is 1. The number of rotatable bonds is 3. The van der Waals surface area contributed by atoms with Crippen LogP contribution in [0, 0.1) is 11.8 Å². The Morgan fingerprint density at radius 1 is 1.14 bits per heavy atom. The molecule has 3 amide bonds. The van der Waals surface area contributed by atoms with E-state index in [1.165, 1.54) is 0 Å². The number of anilines is 1. The monoisotopic (exact) mass is 481 g/mol. The Bertz CT molecular complexity index is 1170. The van der Waals surface area contributed by atoms with E-state index in [2.05, 4.69) is 21.8 Å². The molecule has 4 atom stereocenters. The van der Waals surface area contributed by atoms with Crippen LogP contribution in [0.4, 0.5) is 10.5 Å². The summed E-state index contributed by atoms with van der Waals surface area (Å²) >= 11 is 0. The Morgan fingerprint density at radius 3 is 2.66 bits per heavy atom. The fourth-order valence-corrected chi connectivity index (χ4v) is 5.86. The molecule has 2 aromatic rings. The van der Waals surface area contributed by atoms with Gasteiger partial charge in [0, 0.05) is 43.7 Å². The molecule has 1 saturated carbocycles. The van der Waals surface area contributed by atoms with Crippen LogP contribution < -0.4 is 10.6 Å². The van der Waals surface area contributed by atoms with Crippen molar-refractivity contribution in [1.29, 1.82) is 0 Å². The van der Waals surface area contributed by atoms with Crippen molar-refractivity contribution in [1.82, 2.24) is 20.0 Å². The Hall–Kier alpha value is -3.10. The van der Waals surface area contributed by atoms with E-state index in [1.54, 1.807) is 0 Å². The number of fused-ring (bicyclic) bond motifs is 2. The van der Waals surface area contributed by atoms with Crippen molar-refractivity contribution in [2.24, 2.45) is 18.9 Å². The van der Waals surface area contributed by atoms with E-state index in [-0.39, 0.29) is 17.9 Å². The molecule has 9 heteroatoms. The van der Waals surface area contributed by atoms with Crippen LogP contribution in [0.15, 0.2) is 18.2 Å². The van der Waals surface area contributed by atoms with E-state index in [4.69, 9.17) is 4.74 Å². The van der Waals surface area contributed by atoms with E-state index < -0.39 is 11.5 Å². The molecule has 5 rings (SSSR count). The van der Waals surface area contributed by atoms with Gasteiger partial charge in [-0.05, 0) is 76.5 Å². The summed E-state index contributed by atoms with van der Waals surface area (Å²) in [7, 11) is 1.89. The lowest BCUT2D eigenvalue weighted by atomic mass is 9.79. The van der Waals surface area contributed by atoms with E-state index in [9.17, 15) is 14.4 Å². The van der Waals surface area contributed by atoms with Crippen LogP contribution >= 0.6 is 0 Å². The molecule has 3 heterocycles. The molecule has 3 aliphatic rings. The van der Waals surface area contributed by atoms with Crippen LogP contribution in [0.25, 0.3) is 10.9 Å². The van der Waals surface area contributed by atoms with Crippen LogP contribution in [0.5, 0.6) is 0 Å². The number of nitrogens with zero attached hydrogens (tertiary/aromatic N) is 3. The lowest BCUT2D eigenvalue weighted by Gasteiger charge is -2.32. The van der Waals surface area contributed by atoms with Gasteiger partial charge in [-0.1, -0.05) is 0 Å². The molecule has 1 aromatic heterocycles. The lowest BCUT2D eigenvalue weighted by molar-refractivity contribution is -0.134. The molecule has 0 bridgehead atoms. The van der Waals surface area contributed by atoms with Gasteiger partial charge in [0.05, 0.1) is 17.1 Å². The molecule has 2 saturated heterocycles. The zero-order valence-electron chi connectivity index (χ0n) is 21.0. The highest BCUT2D eigenvalue weighted by Crippen LogP contribution is 2.38. The molecular formula is C26H35N5O4. The molecule has 0 spiro atoms. The molecular weight excluding hydrogens is 446 g/mol. The minimum atomic E-state index is -0.475. The minimum Gasteiger partial charge on any atom is -0.444 e. The number of benzene rings is 1. The summed E-state index contributed by atoms with van der Waals surface area (Å²) in [6, 6.07) is 6.50. The molecule has 1 aromatic carbocycles. The van der Waals surface area contributed by atoms with Crippen molar-refractivity contribution in [2.45, 2.75) is 70.4 Å². The standard InChI is InChI=1S/C26H35N5O4/c1-26(2,3)35-25(34)31-13-15-5-6-17(11-16(15)14-31)27-18-7-8-19-21(12-18)30(4)29-23(19)20-9-10-22(32)28-24(20)33/h7-8,12,15-17,20,27H,5-6,9-11,13-14H2,1-4H3,(H,28,32,33). The van der Waals surface area contributed by atoms with Crippen LogP contribution in [-0.4, -0.2) is 57.3 Å². The highest BCUT2D eigenvalue weighted by Gasteiger charge is 2.40. The Morgan fingerprint density at radius 2 is 1.91 bits per heavy atom. The predicted octanol–water partition coefficient (Wildman–Crippen LogP) is 3.54. The Balaban J connectivity index is 1.25. The smallest absolute Gasteiger partial charge is 0.410 e. The number of carbonyl (C=O) groups excluding carboxylic acids is 3. The third-order valence-corrected chi connectivity index (χ3v) is 7.52. The van der Waals surface area contributed by atoms with Crippen molar-refractivity contribution in [2.75, 3.05) is 18.4 Å². The molecule has 2 aliphatic heterocycles. The maximum atomic E-state index is 12.5. The highest BCUT2D eigenvalue weighted by molar-refractivity contribution is 6.02. The number of aromatic nitrogens is 2. The van der Waals surface area contributed by atoms with Crippen molar-refractivity contribution in [3.63, 3.8) is 0 Å². The van der Waals surface area contributed by atoms with Gasteiger partial charge in [0.15, 0.2) is 0 Å². The second-order valence-corrected chi connectivity index (χ2v) is 11.3. The summed E-state index contributed by atoms with van der Waals surface area (Å²) in [5.41, 5.74) is 2.24. The topological polar surface area (TPSA) is 106 Å². The molecule has 188 valence electrons. The molecule has 2 N–H and O–H groups in total. The van der Waals surface area contributed by atoms with Gasteiger partial charge < -0.3 is 15.0 Å². The zero-order valence-corrected chi connectivity index (χ0v) is 21.0. The maximum Gasteiger partial charge on any atom is 0.410 e. The second-order valence-electron chi connectivity index (χ2n) is 11.3.